The highest BCUT2D eigenvalue weighted by Crippen LogP contribution is 2.36. The van der Waals surface area contributed by atoms with Crippen molar-refractivity contribution >= 4 is 31.9 Å². The lowest BCUT2D eigenvalue weighted by molar-refractivity contribution is 0.426. The number of benzene rings is 2. The minimum absolute atomic E-state index is 0.306. The monoisotopic (exact) mass is 658 g/mol. The van der Waals surface area contributed by atoms with Crippen LogP contribution in [0.3, 0.4) is 0 Å². The highest BCUT2D eigenvalue weighted by Gasteiger charge is 2.22. The van der Waals surface area contributed by atoms with Crippen LogP contribution in [-0.2, 0) is 12.8 Å². The van der Waals surface area contributed by atoms with E-state index in [1.165, 1.54) is 24.3 Å². The van der Waals surface area contributed by atoms with E-state index in [0.29, 0.717) is 36.3 Å². The van der Waals surface area contributed by atoms with Gasteiger partial charge in [-0.3, -0.25) is 0 Å². The number of hydrogen-bond acceptors (Lipinski definition) is 5. The van der Waals surface area contributed by atoms with Gasteiger partial charge in [0.1, 0.15) is 23.3 Å². The summed E-state index contributed by atoms with van der Waals surface area (Å²) in [6, 6.07) is 12.6. The lowest BCUT2D eigenvalue weighted by Crippen LogP contribution is -2.08. The molecule has 4 aromatic rings. The molecule has 0 atom stereocenters. The van der Waals surface area contributed by atoms with E-state index in [4.69, 9.17) is 24.7 Å². The zero-order chi connectivity index (χ0) is 27.8. The molecule has 0 aliphatic rings. The minimum atomic E-state index is -0.306. The van der Waals surface area contributed by atoms with Crippen LogP contribution >= 0.6 is 31.9 Å². The van der Waals surface area contributed by atoms with E-state index in [1.807, 2.05) is 13.8 Å². The highest BCUT2D eigenvalue weighted by molar-refractivity contribution is 9.09. The maximum absolute atomic E-state index is 13.7. The molecule has 0 saturated carbocycles. The van der Waals surface area contributed by atoms with Gasteiger partial charge in [-0.2, -0.15) is 9.97 Å². The number of aryl methyl sites for hydroxylation is 2. The predicted molar refractivity (Wildman–Crippen MR) is 158 cm³/mol. The topological polar surface area (TPSA) is 60.8 Å². The largest absolute Gasteiger partial charge is 0.420 e. The van der Waals surface area contributed by atoms with Crippen LogP contribution in [-0.4, -0.2) is 30.6 Å². The van der Waals surface area contributed by atoms with Crippen LogP contribution in [0.25, 0.3) is 22.5 Å². The summed E-state index contributed by atoms with van der Waals surface area (Å²) < 4.78 is 34.0. The van der Waals surface area contributed by atoms with Crippen LogP contribution in [0.2, 0.25) is 0 Å². The van der Waals surface area contributed by atoms with Gasteiger partial charge < -0.3 is 4.74 Å². The fourth-order valence-electron chi connectivity index (χ4n) is 4.34. The van der Waals surface area contributed by atoms with Crippen LogP contribution < -0.4 is 4.74 Å². The second kappa shape index (κ2) is 14.0. The molecule has 0 aliphatic heterocycles. The second-order valence-corrected chi connectivity index (χ2v) is 10.8. The van der Waals surface area contributed by atoms with E-state index in [-0.39, 0.29) is 11.6 Å². The van der Waals surface area contributed by atoms with E-state index in [1.54, 1.807) is 24.3 Å². The first-order valence-electron chi connectivity index (χ1n) is 13.0. The summed E-state index contributed by atoms with van der Waals surface area (Å²) in [4.78, 5) is 18.8. The van der Waals surface area contributed by atoms with Gasteiger partial charge in [0.05, 0.1) is 11.4 Å². The molecular formula is C30H30Br2F2N4O. The van der Waals surface area contributed by atoms with Crippen LogP contribution in [0.4, 0.5) is 8.78 Å². The summed E-state index contributed by atoms with van der Waals surface area (Å²) in [5.41, 5.74) is 4.72. The van der Waals surface area contributed by atoms with Crippen molar-refractivity contribution in [2.24, 2.45) is 0 Å². The molecule has 0 saturated heterocycles. The second-order valence-electron chi connectivity index (χ2n) is 9.21. The van der Waals surface area contributed by atoms with Crippen molar-refractivity contribution in [1.82, 2.24) is 19.9 Å². The molecule has 0 aliphatic carbocycles. The third kappa shape index (κ3) is 7.66. The van der Waals surface area contributed by atoms with E-state index in [0.717, 1.165) is 70.0 Å². The number of aromatic nitrogens is 4. The zero-order valence-corrected chi connectivity index (χ0v) is 25.2. The van der Waals surface area contributed by atoms with Crippen molar-refractivity contribution in [2.75, 3.05) is 10.7 Å². The molecule has 2 aromatic carbocycles. The molecular weight excluding hydrogens is 630 g/mol. The average Bonchev–Trinajstić information content (AvgIpc) is 2.91. The van der Waals surface area contributed by atoms with Crippen LogP contribution in [0.5, 0.6) is 11.8 Å². The smallest absolute Gasteiger partial charge is 0.228 e. The van der Waals surface area contributed by atoms with E-state index < -0.39 is 0 Å². The number of rotatable bonds is 12. The van der Waals surface area contributed by atoms with Gasteiger partial charge in [-0.05, 0) is 101 Å². The molecule has 2 aromatic heterocycles. The van der Waals surface area contributed by atoms with Crippen molar-refractivity contribution in [3.63, 3.8) is 0 Å². The van der Waals surface area contributed by atoms with Gasteiger partial charge in [-0.15, -0.1) is 0 Å². The number of hydrogen-bond donors (Lipinski definition) is 0. The zero-order valence-electron chi connectivity index (χ0n) is 22.0. The molecule has 0 unspecified atom stereocenters. The average molecular weight is 660 g/mol. The Bertz CT molecular complexity index is 1290. The summed E-state index contributed by atoms with van der Waals surface area (Å²) in [5, 5.41) is 1.76. The highest BCUT2D eigenvalue weighted by atomic mass is 79.9. The Labute approximate surface area is 244 Å². The van der Waals surface area contributed by atoms with Crippen LogP contribution in [0, 0.1) is 25.5 Å². The standard InChI is InChI=1S/C30H30Br2F2N4O/c1-19-35-27(21-9-13-23(33)14-10-21)25(7-3-5-17-31)29(37-19)39-30-26(8-4-6-18-32)28(36-20(2)38-30)22-11-15-24(34)16-12-22/h9-16H,3-8,17-18H2,1-2H3. The Morgan fingerprint density at radius 1 is 0.590 bits per heavy atom. The number of nitrogens with zero attached hydrogens (tertiary/aromatic N) is 4. The number of alkyl halides is 2. The Balaban J connectivity index is 1.85. The lowest BCUT2D eigenvalue weighted by Gasteiger charge is -2.18. The first kappa shape index (κ1) is 29.2. The molecule has 204 valence electrons. The van der Waals surface area contributed by atoms with E-state index in [9.17, 15) is 8.78 Å². The SMILES string of the molecule is Cc1nc(Oc2nc(C)nc(-c3ccc(F)cc3)c2CCCCBr)c(CCCCBr)c(-c2ccc(F)cc2)n1. The summed E-state index contributed by atoms with van der Waals surface area (Å²) in [6.45, 7) is 3.63. The van der Waals surface area contributed by atoms with Gasteiger partial charge in [0, 0.05) is 32.9 Å². The third-order valence-corrected chi connectivity index (χ3v) is 7.33. The molecule has 39 heavy (non-hydrogen) atoms. The van der Waals surface area contributed by atoms with Crippen LogP contribution in [0.15, 0.2) is 48.5 Å². The van der Waals surface area contributed by atoms with Gasteiger partial charge in [0.2, 0.25) is 11.8 Å². The molecule has 0 spiro atoms. The molecule has 0 amide bonds. The maximum Gasteiger partial charge on any atom is 0.228 e. The molecule has 0 bridgehead atoms. The van der Waals surface area contributed by atoms with Crippen molar-refractivity contribution < 1.29 is 13.5 Å². The maximum atomic E-state index is 13.7. The van der Waals surface area contributed by atoms with Gasteiger partial charge >= 0.3 is 0 Å². The van der Waals surface area contributed by atoms with Crippen molar-refractivity contribution in [3.05, 3.63) is 82.9 Å². The molecule has 9 heteroatoms. The molecule has 5 nitrogen and oxygen atoms in total. The fourth-order valence-corrected chi connectivity index (χ4v) is 5.13. The summed E-state index contributed by atoms with van der Waals surface area (Å²) in [5.74, 6) is 1.33. The Morgan fingerprint density at radius 3 is 1.33 bits per heavy atom. The number of halogens is 4. The van der Waals surface area contributed by atoms with Crippen molar-refractivity contribution in [3.8, 4) is 34.3 Å². The molecule has 2 heterocycles. The van der Waals surface area contributed by atoms with Crippen molar-refractivity contribution in [2.45, 2.75) is 52.4 Å². The fraction of sp³-hybridized carbons (Fsp3) is 0.333. The molecule has 0 fully saturated rings. The Morgan fingerprint density at radius 2 is 0.974 bits per heavy atom. The van der Waals surface area contributed by atoms with Gasteiger partial charge in [-0.25, -0.2) is 18.7 Å². The van der Waals surface area contributed by atoms with Gasteiger partial charge in [0.25, 0.3) is 0 Å². The van der Waals surface area contributed by atoms with E-state index in [2.05, 4.69) is 31.9 Å². The number of unbranched alkanes of at least 4 members (excludes halogenated alkanes) is 2. The predicted octanol–water partition coefficient (Wildman–Crippen LogP) is 8.72. The minimum Gasteiger partial charge on any atom is -0.420 e. The molecule has 4 rings (SSSR count). The first-order valence-corrected chi connectivity index (χ1v) is 15.2. The Hall–Kier alpha value is -2.78. The summed E-state index contributed by atoms with van der Waals surface area (Å²) >= 11 is 7.02. The van der Waals surface area contributed by atoms with Gasteiger partial charge in [-0.1, -0.05) is 31.9 Å². The van der Waals surface area contributed by atoms with Gasteiger partial charge in [0.15, 0.2) is 0 Å². The summed E-state index contributed by atoms with van der Waals surface area (Å²) in [7, 11) is 0. The normalized spacial score (nSPS) is 11.1. The van der Waals surface area contributed by atoms with Crippen LogP contribution in [0.1, 0.15) is 48.5 Å². The quantitative estimate of drug-likeness (QED) is 0.112. The summed E-state index contributed by atoms with van der Waals surface area (Å²) in [6.07, 6.45) is 5.09. The molecule has 0 radical (unpaired) electrons. The van der Waals surface area contributed by atoms with E-state index >= 15 is 0 Å². The third-order valence-electron chi connectivity index (χ3n) is 6.21. The van der Waals surface area contributed by atoms with Crippen molar-refractivity contribution in [1.29, 1.82) is 0 Å². The molecule has 0 N–H and O–H groups in total. The number of ether oxygens (including phenoxy) is 1. The lowest BCUT2D eigenvalue weighted by atomic mass is 10.0. The Kier molecular flexibility index (Phi) is 10.5. The first-order chi connectivity index (χ1) is 18.9.